The number of carbonyl (C=O) groups excluding carboxylic acids is 3. The van der Waals surface area contributed by atoms with Crippen LogP contribution < -0.4 is 11.1 Å². The third-order valence-corrected chi connectivity index (χ3v) is 6.52. The number of halogens is 1. The largest absolute Gasteiger partial charge is 0.462 e. The zero-order valence-corrected chi connectivity index (χ0v) is 23.6. The Morgan fingerprint density at radius 1 is 0.895 bits per heavy atom. The van der Waals surface area contributed by atoms with Gasteiger partial charge in [-0.2, -0.15) is 0 Å². The first-order valence-electron chi connectivity index (χ1n) is 12.3. The van der Waals surface area contributed by atoms with Crippen LogP contribution >= 0.6 is 15.9 Å². The molecule has 0 aliphatic rings. The van der Waals surface area contributed by atoms with Gasteiger partial charge in [-0.15, -0.1) is 0 Å². The fourth-order valence-electron chi connectivity index (χ4n) is 3.63. The SMILES string of the molecule is CC(C(=O)OCCOC(=O)c1cc(Br)c(N)c(CNC(C)(C)C)c1)c1cccc(C(=O)c2ccccc2)c1. The molecule has 0 saturated heterocycles. The highest BCUT2D eigenvalue weighted by Gasteiger charge is 2.20. The van der Waals surface area contributed by atoms with Gasteiger partial charge in [-0.05, 0) is 73.0 Å². The number of nitrogen functional groups attached to an aromatic ring is 1. The molecule has 200 valence electrons. The van der Waals surface area contributed by atoms with Gasteiger partial charge in [0.15, 0.2) is 5.78 Å². The van der Waals surface area contributed by atoms with E-state index in [9.17, 15) is 14.4 Å². The molecule has 7 nitrogen and oxygen atoms in total. The predicted octanol–water partition coefficient (Wildman–Crippen LogP) is 5.65. The molecule has 1 unspecified atom stereocenters. The van der Waals surface area contributed by atoms with Crippen molar-refractivity contribution in [2.24, 2.45) is 0 Å². The summed E-state index contributed by atoms with van der Waals surface area (Å²) in [6.45, 7) is 8.13. The minimum absolute atomic E-state index is 0.0911. The molecule has 0 fully saturated rings. The number of hydrogen-bond donors (Lipinski definition) is 2. The van der Waals surface area contributed by atoms with Crippen molar-refractivity contribution in [1.29, 1.82) is 0 Å². The predicted molar refractivity (Wildman–Crippen MR) is 151 cm³/mol. The van der Waals surface area contributed by atoms with Crippen molar-refractivity contribution >= 4 is 39.3 Å². The number of ether oxygens (including phenoxy) is 2. The summed E-state index contributed by atoms with van der Waals surface area (Å²) in [6.07, 6.45) is 0. The quantitative estimate of drug-likeness (QED) is 0.138. The summed E-state index contributed by atoms with van der Waals surface area (Å²) >= 11 is 3.40. The average molecular weight is 582 g/mol. The molecule has 38 heavy (non-hydrogen) atoms. The van der Waals surface area contributed by atoms with Crippen molar-refractivity contribution < 1.29 is 23.9 Å². The van der Waals surface area contributed by atoms with Crippen molar-refractivity contribution in [2.75, 3.05) is 18.9 Å². The molecule has 0 saturated carbocycles. The van der Waals surface area contributed by atoms with Crippen LogP contribution in [0, 0.1) is 0 Å². The molecule has 0 amide bonds. The van der Waals surface area contributed by atoms with Gasteiger partial charge < -0.3 is 20.5 Å². The van der Waals surface area contributed by atoms with Crippen molar-refractivity contribution in [3.63, 3.8) is 0 Å². The molecular weight excluding hydrogens is 548 g/mol. The van der Waals surface area contributed by atoms with Crippen LogP contribution in [0.1, 0.15) is 71.0 Å². The van der Waals surface area contributed by atoms with Gasteiger partial charge >= 0.3 is 11.9 Å². The fourth-order valence-corrected chi connectivity index (χ4v) is 4.13. The van der Waals surface area contributed by atoms with Crippen LogP contribution in [-0.2, 0) is 20.8 Å². The summed E-state index contributed by atoms with van der Waals surface area (Å²) in [5, 5.41) is 3.35. The summed E-state index contributed by atoms with van der Waals surface area (Å²) in [7, 11) is 0. The Bertz CT molecular complexity index is 1300. The van der Waals surface area contributed by atoms with Gasteiger partial charge in [-0.25, -0.2) is 4.79 Å². The van der Waals surface area contributed by atoms with Crippen LogP contribution in [0.2, 0.25) is 0 Å². The van der Waals surface area contributed by atoms with Crippen molar-refractivity contribution in [3.05, 3.63) is 99.0 Å². The van der Waals surface area contributed by atoms with E-state index < -0.39 is 17.9 Å². The highest BCUT2D eigenvalue weighted by molar-refractivity contribution is 9.10. The van der Waals surface area contributed by atoms with E-state index in [4.69, 9.17) is 15.2 Å². The first-order chi connectivity index (χ1) is 18.0. The number of carbonyl (C=O) groups is 3. The molecule has 0 heterocycles. The van der Waals surface area contributed by atoms with Crippen LogP contribution in [0.5, 0.6) is 0 Å². The number of rotatable bonds is 10. The van der Waals surface area contributed by atoms with Crippen LogP contribution in [0.4, 0.5) is 5.69 Å². The molecule has 3 aromatic carbocycles. The molecule has 0 aliphatic heterocycles. The maximum Gasteiger partial charge on any atom is 0.338 e. The minimum Gasteiger partial charge on any atom is -0.462 e. The van der Waals surface area contributed by atoms with Gasteiger partial charge in [0.1, 0.15) is 13.2 Å². The summed E-state index contributed by atoms with van der Waals surface area (Å²) in [4.78, 5) is 38.0. The molecule has 3 N–H and O–H groups in total. The molecule has 0 aromatic heterocycles. The monoisotopic (exact) mass is 580 g/mol. The van der Waals surface area contributed by atoms with E-state index in [0.29, 0.717) is 39.0 Å². The molecule has 0 aliphatic carbocycles. The number of nitrogens with two attached hydrogens (primary N) is 1. The maximum atomic E-state index is 12.7. The van der Waals surface area contributed by atoms with Gasteiger partial charge in [0.2, 0.25) is 0 Å². The normalized spacial score (nSPS) is 12.0. The number of ketones is 1. The molecule has 8 heteroatoms. The summed E-state index contributed by atoms with van der Waals surface area (Å²) in [6, 6.07) is 19.2. The third-order valence-electron chi connectivity index (χ3n) is 5.86. The van der Waals surface area contributed by atoms with Crippen molar-refractivity contribution in [3.8, 4) is 0 Å². The molecule has 0 spiro atoms. The van der Waals surface area contributed by atoms with E-state index in [1.807, 2.05) is 26.8 Å². The second-order valence-corrected chi connectivity index (χ2v) is 10.8. The Labute approximate surface area is 231 Å². The number of anilines is 1. The lowest BCUT2D eigenvalue weighted by Gasteiger charge is -2.21. The van der Waals surface area contributed by atoms with Gasteiger partial charge in [0, 0.05) is 27.7 Å². The first-order valence-corrected chi connectivity index (χ1v) is 13.1. The third kappa shape index (κ3) is 8.00. The Morgan fingerprint density at radius 3 is 2.24 bits per heavy atom. The highest BCUT2D eigenvalue weighted by Crippen LogP contribution is 2.26. The number of esters is 2. The molecular formula is C30H33BrN2O5. The van der Waals surface area contributed by atoms with E-state index in [0.717, 1.165) is 5.56 Å². The summed E-state index contributed by atoms with van der Waals surface area (Å²) < 4.78 is 11.3. The first kappa shape index (κ1) is 29.1. The molecule has 3 rings (SSSR count). The van der Waals surface area contributed by atoms with Gasteiger partial charge in [0.05, 0.1) is 17.2 Å². The Kier molecular flexibility index (Phi) is 9.83. The fraction of sp³-hybridized carbons (Fsp3) is 0.300. The topological polar surface area (TPSA) is 108 Å². The second kappa shape index (κ2) is 12.8. The number of nitrogens with one attached hydrogen (secondary N) is 1. The summed E-state index contributed by atoms with van der Waals surface area (Å²) in [5.74, 6) is -1.73. The van der Waals surface area contributed by atoms with E-state index >= 15 is 0 Å². The lowest BCUT2D eigenvalue weighted by molar-refractivity contribution is -0.146. The zero-order valence-electron chi connectivity index (χ0n) is 22.0. The maximum absolute atomic E-state index is 12.7. The molecule has 0 radical (unpaired) electrons. The van der Waals surface area contributed by atoms with Crippen molar-refractivity contribution in [2.45, 2.75) is 45.7 Å². The molecule has 0 bridgehead atoms. The van der Waals surface area contributed by atoms with E-state index in [1.165, 1.54) is 0 Å². The standard InChI is InChI=1S/C30H33BrN2O5/c1-19(21-11-8-12-22(15-21)27(34)20-9-6-5-7-10-20)28(35)37-13-14-38-29(36)23-16-24(18-33-30(2,3)4)26(32)25(31)17-23/h5-12,15-17,19,33H,13-14,18,32H2,1-4H3. The zero-order chi connectivity index (χ0) is 27.9. The average Bonchev–Trinajstić information content (AvgIpc) is 2.90. The van der Waals surface area contributed by atoms with Crippen LogP contribution in [-0.4, -0.2) is 36.5 Å². The number of benzene rings is 3. The summed E-state index contributed by atoms with van der Waals surface area (Å²) in [5.41, 5.74) is 9.44. The van der Waals surface area contributed by atoms with Crippen LogP contribution in [0.15, 0.2) is 71.2 Å². The van der Waals surface area contributed by atoms with Gasteiger partial charge in [-0.1, -0.05) is 48.5 Å². The van der Waals surface area contributed by atoms with Gasteiger partial charge in [0.25, 0.3) is 0 Å². The second-order valence-electron chi connectivity index (χ2n) is 9.98. The van der Waals surface area contributed by atoms with Gasteiger partial charge in [-0.3, -0.25) is 9.59 Å². The lowest BCUT2D eigenvalue weighted by atomic mass is 9.96. The van der Waals surface area contributed by atoms with E-state index in [2.05, 4.69) is 21.2 Å². The number of hydrogen-bond acceptors (Lipinski definition) is 7. The van der Waals surface area contributed by atoms with Crippen LogP contribution in [0.25, 0.3) is 0 Å². The highest BCUT2D eigenvalue weighted by atomic mass is 79.9. The van der Waals surface area contributed by atoms with E-state index in [1.54, 1.807) is 67.6 Å². The minimum atomic E-state index is -0.597. The van der Waals surface area contributed by atoms with Crippen molar-refractivity contribution in [1.82, 2.24) is 5.32 Å². The lowest BCUT2D eigenvalue weighted by Crippen LogP contribution is -2.35. The molecule has 1 atom stereocenters. The Balaban J connectivity index is 1.54. The Morgan fingerprint density at radius 2 is 1.55 bits per heavy atom. The van der Waals surface area contributed by atoms with E-state index in [-0.39, 0.29) is 24.5 Å². The Hall–Kier alpha value is -3.49. The van der Waals surface area contributed by atoms with Crippen LogP contribution in [0.3, 0.4) is 0 Å². The smallest absolute Gasteiger partial charge is 0.338 e. The molecule has 3 aromatic rings.